The summed E-state index contributed by atoms with van der Waals surface area (Å²) in [6.45, 7) is 6.75. The van der Waals surface area contributed by atoms with Gasteiger partial charge in [0.25, 0.3) is 5.91 Å². The second kappa shape index (κ2) is 8.72. The molecule has 1 aliphatic heterocycles. The highest BCUT2D eigenvalue weighted by atomic mass is 19.1. The summed E-state index contributed by atoms with van der Waals surface area (Å²) in [5, 5.41) is 0. The fraction of sp³-hybridized carbons (Fsp3) is 0.500. The summed E-state index contributed by atoms with van der Waals surface area (Å²) >= 11 is 0. The van der Waals surface area contributed by atoms with Crippen LogP contribution in [0.5, 0.6) is 0 Å². The molecule has 160 valence electrons. The van der Waals surface area contributed by atoms with Crippen molar-refractivity contribution in [2.45, 2.75) is 45.6 Å². The van der Waals surface area contributed by atoms with E-state index in [1.165, 1.54) is 43.5 Å². The number of amides is 1. The molecule has 1 aliphatic carbocycles. The second-order valence-electron chi connectivity index (χ2n) is 8.56. The van der Waals surface area contributed by atoms with Crippen LogP contribution in [0.2, 0.25) is 0 Å². The Morgan fingerprint density at radius 1 is 1.00 bits per heavy atom. The molecule has 0 radical (unpaired) electrons. The molecule has 1 amide bonds. The van der Waals surface area contributed by atoms with Crippen LogP contribution in [0, 0.1) is 19.7 Å². The summed E-state index contributed by atoms with van der Waals surface area (Å²) in [7, 11) is 0. The minimum absolute atomic E-state index is 0.112. The van der Waals surface area contributed by atoms with Gasteiger partial charge >= 0.3 is 0 Å². The Morgan fingerprint density at radius 3 is 2.33 bits per heavy atom. The maximum Gasteiger partial charge on any atom is 0.256 e. The van der Waals surface area contributed by atoms with Gasteiger partial charge in [0.05, 0.1) is 12.1 Å². The van der Waals surface area contributed by atoms with Crippen molar-refractivity contribution in [2.24, 2.45) is 0 Å². The molecule has 1 aromatic heterocycles. The maximum atomic E-state index is 13.9. The van der Waals surface area contributed by atoms with Crippen LogP contribution in [0.1, 0.15) is 63.8 Å². The van der Waals surface area contributed by atoms with Crippen LogP contribution >= 0.6 is 0 Å². The highest BCUT2D eigenvalue weighted by Gasteiger charge is 2.27. The highest BCUT2D eigenvalue weighted by molar-refractivity contribution is 5.99. The zero-order valence-corrected chi connectivity index (χ0v) is 17.9. The third-order valence-electron chi connectivity index (χ3n) is 6.61. The molecule has 2 heterocycles. The van der Waals surface area contributed by atoms with Gasteiger partial charge < -0.3 is 9.47 Å². The van der Waals surface area contributed by atoms with Crippen molar-refractivity contribution in [3.63, 3.8) is 0 Å². The summed E-state index contributed by atoms with van der Waals surface area (Å²) in [5.41, 5.74) is 3.19. The van der Waals surface area contributed by atoms with Crippen LogP contribution in [0.4, 0.5) is 4.39 Å². The topological polar surface area (TPSA) is 45.6 Å². The standard InChI is InChI=1S/C24H30FN3O2/c1-17-15-21(18(2)28(17)19-7-3-4-8-19)23(29)16-26-11-13-27(14-12-26)24(30)20-9-5-6-10-22(20)25/h5-6,9-10,15,19H,3-4,7-8,11-14,16H2,1-2H3. The average molecular weight is 412 g/mol. The van der Waals surface area contributed by atoms with E-state index in [2.05, 4.69) is 23.3 Å². The van der Waals surface area contributed by atoms with Gasteiger partial charge in [0.2, 0.25) is 0 Å². The van der Waals surface area contributed by atoms with Crippen molar-refractivity contribution in [1.29, 1.82) is 0 Å². The lowest BCUT2D eigenvalue weighted by molar-refractivity contribution is 0.0620. The lowest BCUT2D eigenvalue weighted by Gasteiger charge is -2.34. The number of nitrogens with zero attached hydrogens (tertiary/aromatic N) is 3. The Labute approximate surface area is 177 Å². The van der Waals surface area contributed by atoms with Crippen LogP contribution in [0.15, 0.2) is 30.3 Å². The monoisotopic (exact) mass is 411 g/mol. The van der Waals surface area contributed by atoms with E-state index in [9.17, 15) is 14.0 Å². The van der Waals surface area contributed by atoms with E-state index in [0.29, 0.717) is 38.8 Å². The molecule has 1 aromatic carbocycles. The third kappa shape index (κ3) is 4.06. The van der Waals surface area contributed by atoms with Gasteiger partial charge in [-0.25, -0.2) is 4.39 Å². The van der Waals surface area contributed by atoms with Gasteiger partial charge in [0.15, 0.2) is 5.78 Å². The first-order valence-corrected chi connectivity index (χ1v) is 10.9. The fourth-order valence-corrected chi connectivity index (χ4v) is 4.99. The maximum absolute atomic E-state index is 13.9. The van der Waals surface area contributed by atoms with Gasteiger partial charge in [-0.2, -0.15) is 0 Å². The SMILES string of the molecule is Cc1cc(C(=O)CN2CCN(C(=O)c3ccccc3F)CC2)c(C)n1C1CCCC1. The number of ketones is 1. The molecule has 2 aliphatic rings. The van der Waals surface area contributed by atoms with Gasteiger partial charge in [0, 0.05) is 49.2 Å². The molecule has 4 rings (SSSR count). The molecule has 2 fully saturated rings. The minimum atomic E-state index is -0.488. The summed E-state index contributed by atoms with van der Waals surface area (Å²) in [6, 6.07) is 8.65. The van der Waals surface area contributed by atoms with Crippen LogP contribution in [-0.2, 0) is 0 Å². The van der Waals surface area contributed by atoms with E-state index < -0.39 is 5.82 Å². The van der Waals surface area contributed by atoms with E-state index in [4.69, 9.17) is 0 Å². The molecule has 0 spiro atoms. The normalized spacial score (nSPS) is 18.2. The lowest BCUT2D eigenvalue weighted by Crippen LogP contribution is -2.50. The molecule has 0 unspecified atom stereocenters. The molecule has 2 aromatic rings. The Balaban J connectivity index is 1.36. The number of Topliss-reactive ketones (excluding diaryl/α,β-unsaturated/α-hetero) is 1. The molecule has 30 heavy (non-hydrogen) atoms. The summed E-state index contributed by atoms with van der Waals surface area (Å²) < 4.78 is 16.3. The van der Waals surface area contributed by atoms with Crippen molar-refractivity contribution < 1.29 is 14.0 Å². The van der Waals surface area contributed by atoms with E-state index in [-0.39, 0.29) is 17.3 Å². The Hall–Kier alpha value is -2.47. The number of halogens is 1. The second-order valence-corrected chi connectivity index (χ2v) is 8.56. The van der Waals surface area contributed by atoms with Gasteiger partial charge in [-0.05, 0) is 44.9 Å². The van der Waals surface area contributed by atoms with Gasteiger partial charge in [-0.1, -0.05) is 25.0 Å². The molecular weight excluding hydrogens is 381 g/mol. The number of hydrogen-bond donors (Lipinski definition) is 0. The first kappa shape index (κ1) is 20.8. The predicted molar refractivity (Wildman–Crippen MR) is 114 cm³/mol. The van der Waals surface area contributed by atoms with Crippen LogP contribution in [0.25, 0.3) is 0 Å². The minimum Gasteiger partial charge on any atom is -0.345 e. The van der Waals surface area contributed by atoms with Crippen LogP contribution in [-0.4, -0.2) is 58.8 Å². The van der Waals surface area contributed by atoms with E-state index in [0.717, 1.165) is 11.3 Å². The molecule has 5 nitrogen and oxygen atoms in total. The molecule has 0 bridgehead atoms. The average Bonchev–Trinajstić information content (AvgIpc) is 3.36. The first-order chi connectivity index (χ1) is 14.5. The predicted octanol–water partition coefficient (Wildman–Crippen LogP) is 4.00. The molecule has 1 saturated carbocycles. The Kier molecular flexibility index (Phi) is 6.04. The molecule has 0 atom stereocenters. The van der Waals surface area contributed by atoms with Crippen molar-refractivity contribution in [2.75, 3.05) is 32.7 Å². The van der Waals surface area contributed by atoms with E-state index >= 15 is 0 Å². The number of benzene rings is 1. The molecule has 6 heteroatoms. The highest BCUT2D eigenvalue weighted by Crippen LogP contribution is 2.33. The van der Waals surface area contributed by atoms with Gasteiger partial charge in [-0.15, -0.1) is 0 Å². The number of aryl methyl sites for hydroxylation is 1. The number of piperazine rings is 1. The van der Waals surface area contributed by atoms with E-state index in [1.54, 1.807) is 17.0 Å². The van der Waals surface area contributed by atoms with Gasteiger partial charge in [0.1, 0.15) is 5.82 Å². The fourth-order valence-electron chi connectivity index (χ4n) is 4.99. The van der Waals surface area contributed by atoms with Crippen molar-refractivity contribution in [3.8, 4) is 0 Å². The van der Waals surface area contributed by atoms with Crippen LogP contribution < -0.4 is 0 Å². The molecule has 0 N–H and O–H groups in total. The number of carbonyl (C=O) groups is 2. The quantitative estimate of drug-likeness (QED) is 0.699. The number of hydrogen-bond acceptors (Lipinski definition) is 3. The number of aromatic nitrogens is 1. The third-order valence-corrected chi connectivity index (χ3v) is 6.61. The summed E-state index contributed by atoms with van der Waals surface area (Å²) in [6.07, 6.45) is 4.92. The molecule has 1 saturated heterocycles. The summed E-state index contributed by atoms with van der Waals surface area (Å²) in [4.78, 5) is 29.4. The zero-order valence-electron chi connectivity index (χ0n) is 17.9. The van der Waals surface area contributed by atoms with Crippen molar-refractivity contribution >= 4 is 11.7 Å². The lowest BCUT2D eigenvalue weighted by atomic mass is 10.1. The molecular formula is C24H30FN3O2. The van der Waals surface area contributed by atoms with Gasteiger partial charge in [-0.3, -0.25) is 14.5 Å². The Morgan fingerprint density at radius 2 is 1.67 bits per heavy atom. The Bertz CT molecular complexity index is 938. The van der Waals surface area contributed by atoms with Crippen molar-refractivity contribution in [1.82, 2.24) is 14.4 Å². The number of carbonyl (C=O) groups excluding carboxylic acids is 2. The van der Waals surface area contributed by atoms with Crippen molar-refractivity contribution in [3.05, 3.63) is 58.7 Å². The first-order valence-electron chi connectivity index (χ1n) is 10.9. The zero-order chi connectivity index (χ0) is 21.3. The smallest absolute Gasteiger partial charge is 0.256 e. The van der Waals surface area contributed by atoms with Crippen LogP contribution in [0.3, 0.4) is 0 Å². The summed E-state index contributed by atoms with van der Waals surface area (Å²) in [5.74, 6) is -0.627. The van der Waals surface area contributed by atoms with E-state index in [1.807, 2.05) is 6.07 Å². The largest absolute Gasteiger partial charge is 0.345 e. The number of rotatable bonds is 5.